The number of piperidine rings is 1. The van der Waals surface area contributed by atoms with Gasteiger partial charge in [0.15, 0.2) is 0 Å². The number of amides is 2. The molecule has 1 aromatic carbocycles. The topological polar surface area (TPSA) is 87.4 Å². The lowest BCUT2D eigenvalue weighted by molar-refractivity contribution is -0.127. The van der Waals surface area contributed by atoms with E-state index in [9.17, 15) is 9.59 Å². The highest BCUT2D eigenvalue weighted by Crippen LogP contribution is 2.23. The lowest BCUT2D eigenvalue weighted by Crippen LogP contribution is -2.47. The summed E-state index contributed by atoms with van der Waals surface area (Å²) in [7, 11) is 0. The number of ether oxygens (including phenoxy) is 1. The summed E-state index contributed by atoms with van der Waals surface area (Å²) in [6.45, 7) is 7.31. The molecule has 2 aromatic rings. The van der Waals surface area contributed by atoms with Gasteiger partial charge in [-0.2, -0.15) is 5.26 Å². The Labute approximate surface area is 183 Å². The summed E-state index contributed by atoms with van der Waals surface area (Å²) in [6, 6.07) is 10.2. The number of para-hydroxylation sites is 1. The van der Waals surface area contributed by atoms with Crippen LogP contribution >= 0.6 is 0 Å². The van der Waals surface area contributed by atoms with E-state index in [0.717, 1.165) is 16.5 Å². The maximum absolute atomic E-state index is 12.7. The fourth-order valence-corrected chi connectivity index (χ4v) is 3.75. The Morgan fingerprint density at radius 2 is 1.97 bits per heavy atom. The van der Waals surface area contributed by atoms with Crippen LogP contribution in [0.25, 0.3) is 17.0 Å². The number of nitrogens with zero attached hydrogens (tertiary/aromatic N) is 3. The van der Waals surface area contributed by atoms with E-state index >= 15 is 0 Å². The Morgan fingerprint density at radius 3 is 2.65 bits per heavy atom. The Kier molecular flexibility index (Phi) is 7.01. The van der Waals surface area contributed by atoms with Crippen molar-refractivity contribution in [3.05, 3.63) is 42.1 Å². The lowest BCUT2D eigenvalue weighted by Gasteiger charge is -2.32. The number of hydrogen-bond acceptors (Lipinski definition) is 4. The van der Waals surface area contributed by atoms with Crippen molar-refractivity contribution in [1.82, 2.24) is 14.8 Å². The molecule has 1 fully saturated rings. The third kappa shape index (κ3) is 6.11. The van der Waals surface area contributed by atoms with Crippen molar-refractivity contribution in [3.8, 4) is 6.07 Å². The molecule has 0 bridgehead atoms. The second-order valence-corrected chi connectivity index (χ2v) is 8.78. The van der Waals surface area contributed by atoms with Crippen LogP contribution in [0.2, 0.25) is 0 Å². The fraction of sp³-hybridized carbons (Fsp3) is 0.458. The van der Waals surface area contributed by atoms with Gasteiger partial charge < -0.3 is 19.5 Å². The predicted octanol–water partition coefficient (Wildman–Crippen LogP) is 4.08. The number of alkyl carbamates (subject to hydrolysis) is 1. The smallest absolute Gasteiger partial charge is 0.407 e. The maximum atomic E-state index is 12.7. The summed E-state index contributed by atoms with van der Waals surface area (Å²) in [5.74, 6) is -0.0374. The van der Waals surface area contributed by atoms with E-state index in [-0.39, 0.29) is 11.9 Å². The number of hydrogen-bond donors (Lipinski definition) is 1. The first-order chi connectivity index (χ1) is 14.8. The van der Waals surface area contributed by atoms with Crippen LogP contribution in [0, 0.1) is 11.3 Å². The summed E-state index contributed by atoms with van der Waals surface area (Å²) in [5.41, 5.74) is 1.49. The third-order valence-electron chi connectivity index (χ3n) is 5.22. The van der Waals surface area contributed by atoms with E-state index in [1.165, 1.54) is 0 Å². The SMILES string of the molecule is CC(C)(C)OC(=O)NC1CCN(C(=O)/C=C/c2cn(CCC#N)c3ccccc23)CC1. The average molecular weight is 423 g/mol. The van der Waals surface area contributed by atoms with E-state index in [2.05, 4.69) is 16.0 Å². The van der Waals surface area contributed by atoms with Crippen LogP contribution in [0.4, 0.5) is 4.79 Å². The van der Waals surface area contributed by atoms with Gasteiger partial charge in [-0.05, 0) is 45.8 Å². The van der Waals surface area contributed by atoms with Crippen molar-refractivity contribution >= 4 is 29.0 Å². The average Bonchev–Trinajstić information content (AvgIpc) is 3.07. The van der Waals surface area contributed by atoms with Gasteiger partial charge in [0.05, 0.1) is 12.5 Å². The molecule has 3 rings (SSSR count). The first-order valence-electron chi connectivity index (χ1n) is 10.7. The van der Waals surface area contributed by atoms with E-state index in [4.69, 9.17) is 10.00 Å². The molecule has 0 atom stereocenters. The van der Waals surface area contributed by atoms with E-state index < -0.39 is 11.7 Å². The largest absolute Gasteiger partial charge is 0.444 e. The number of benzene rings is 1. The number of carbonyl (C=O) groups is 2. The van der Waals surface area contributed by atoms with Gasteiger partial charge in [-0.3, -0.25) is 4.79 Å². The predicted molar refractivity (Wildman–Crippen MR) is 120 cm³/mol. The molecule has 31 heavy (non-hydrogen) atoms. The summed E-state index contributed by atoms with van der Waals surface area (Å²) in [6.07, 6.45) is 6.87. The zero-order valence-electron chi connectivity index (χ0n) is 18.4. The molecule has 1 saturated heterocycles. The molecule has 2 amide bonds. The van der Waals surface area contributed by atoms with Crippen LogP contribution in [-0.4, -0.2) is 46.2 Å². The highest BCUT2D eigenvalue weighted by atomic mass is 16.6. The standard InChI is InChI=1S/C24H30N4O3/c1-24(2,3)31-23(30)26-19-11-15-27(16-12-19)22(29)10-9-18-17-28(14-6-13-25)21-8-5-4-7-20(18)21/h4-5,7-10,17,19H,6,11-12,14-16H2,1-3H3,(H,26,30)/b10-9+. The van der Waals surface area contributed by atoms with Crippen LogP contribution in [0.3, 0.4) is 0 Å². The van der Waals surface area contributed by atoms with E-state index in [1.807, 2.05) is 57.3 Å². The number of fused-ring (bicyclic) bond motifs is 1. The highest BCUT2D eigenvalue weighted by Gasteiger charge is 2.25. The van der Waals surface area contributed by atoms with Crippen LogP contribution in [0.15, 0.2) is 36.5 Å². The normalized spacial score (nSPS) is 15.2. The molecule has 1 aliphatic heterocycles. The second-order valence-electron chi connectivity index (χ2n) is 8.78. The monoisotopic (exact) mass is 422 g/mol. The minimum absolute atomic E-state index is 0.0148. The Morgan fingerprint density at radius 1 is 1.26 bits per heavy atom. The zero-order valence-corrected chi connectivity index (χ0v) is 18.4. The molecule has 0 unspecified atom stereocenters. The number of nitriles is 1. The Balaban J connectivity index is 1.58. The lowest BCUT2D eigenvalue weighted by atomic mass is 10.1. The molecule has 1 aliphatic rings. The van der Waals surface area contributed by atoms with Gasteiger partial charge in [-0.1, -0.05) is 18.2 Å². The summed E-state index contributed by atoms with van der Waals surface area (Å²) < 4.78 is 7.35. The molecule has 0 spiro atoms. The molecular formula is C24H30N4O3. The number of rotatable bonds is 5. The molecule has 0 saturated carbocycles. The molecule has 0 aliphatic carbocycles. The number of carbonyl (C=O) groups excluding carboxylic acids is 2. The van der Waals surface area contributed by atoms with Crippen LogP contribution in [-0.2, 0) is 16.1 Å². The first-order valence-corrected chi connectivity index (χ1v) is 10.7. The van der Waals surface area contributed by atoms with Crippen molar-refractivity contribution in [2.75, 3.05) is 13.1 Å². The fourth-order valence-electron chi connectivity index (χ4n) is 3.75. The quantitative estimate of drug-likeness (QED) is 0.736. The van der Waals surface area contributed by atoms with E-state index in [1.54, 1.807) is 11.0 Å². The minimum Gasteiger partial charge on any atom is -0.444 e. The van der Waals surface area contributed by atoms with Gasteiger partial charge in [0, 0.05) is 54.4 Å². The van der Waals surface area contributed by atoms with Gasteiger partial charge in [0.25, 0.3) is 0 Å². The van der Waals surface area contributed by atoms with Crippen LogP contribution in [0.1, 0.15) is 45.6 Å². The summed E-state index contributed by atoms with van der Waals surface area (Å²) in [5, 5.41) is 12.8. The van der Waals surface area contributed by atoms with E-state index in [0.29, 0.717) is 38.9 Å². The first kappa shape index (κ1) is 22.4. The number of nitrogens with one attached hydrogen (secondary N) is 1. The van der Waals surface area contributed by atoms with Gasteiger partial charge in [-0.25, -0.2) is 4.79 Å². The number of aryl methyl sites for hydroxylation is 1. The molecule has 1 N–H and O–H groups in total. The molecule has 7 heteroatoms. The van der Waals surface area contributed by atoms with Crippen molar-refractivity contribution in [2.45, 2.75) is 58.2 Å². The van der Waals surface area contributed by atoms with Crippen molar-refractivity contribution in [3.63, 3.8) is 0 Å². The number of likely N-dealkylation sites (tertiary alicyclic amines) is 1. The highest BCUT2D eigenvalue weighted by molar-refractivity contribution is 5.96. The van der Waals surface area contributed by atoms with Gasteiger partial charge in [0.1, 0.15) is 5.60 Å². The van der Waals surface area contributed by atoms with Crippen LogP contribution < -0.4 is 5.32 Å². The van der Waals surface area contributed by atoms with Crippen LogP contribution in [0.5, 0.6) is 0 Å². The molecule has 7 nitrogen and oxygen atoms in total. The van der Waals surface area contributed by atoms with Crippen molar-refractivity contribution in [1.29, 1.82) is 5.26 Å². The Hall–Kier alpha value is -3.27. The minimum atomic E-state index is -0.525. The van der Waals surface area contributed by atoms with Gasteiger partial charge >= 0.3 is 6.09 Å². The van der Waals surface area contributed by atoms with Gasteiger partial charge in [0.2, 0.25) is 5.91 Å². The maximum Gasteiger partial charge on any atom is 0.407 e. The molecule has 2 heterocycles. The molecule has 1 aromatic heterocycles. The van der Waals surface area contributed by atoms with Gasteiger partial charge in [-0.15, -0.1) is 0 Å². The summed E-state index contributed by atoms with van der Waals surface area (Å²) >= 11 is 0. The zero-order chi connectivity index (χ0) is 22.4. The second kappa shape index (κ2) is 9.69. The third-order valence-corrected chi connectivity index (χ3v) is 5.22. The van der Waals surface area contributed by atoms with Crippen molar-refractivity contribution < 1.29 is 14.3 Å². The molecular weight excluding hydrogens is 392 g/mol. The number of aromatic nitrogens is 1. The molecule has 164 valence electrons. The van der Waals surface area contributed by atoms with Crippen molar-refractivity contribution in [2.24, 2.45) is 0 Å². The Bertz CT molecular complexity index is 1000. The molecule has 0 radical (unpaired) electrons. The summed E-state index contributed by atoms with van der Waals surface area (Å²) in [4.78, 5) is 26.4.